The van der Waals surface area contributed by atoms with Gasteiger partial charge in [0, 0.05) is 27.5 Å². The molecule has 0 aromatic heterocycles. The SMILES string of the molecule is CC[C@H](C)NC(=O)[C@@H](C)N(Cc1ccc(Cl)cc1)C(=O)CSc1ccc(Cl)cc1. The predicted molar refractivity (Wildman–Crippen MR) is 122 cm³/mol. The fraction of sp³-hybridized carbons (Fsp3) is 0.364. The molecular formula is C22H26Cl2N2O2S. The monoisotopic (exact) mass is 452 g/mol. The van der Waals surface area contributed by atoms with Crippen LogP contribution in [-0.4, -0.2) is 34.6 Å². The molecule has 1 N–H and O–H groups in total. The minimum absolute atomic E-state index is 0.0564. The van der Waals surface area contributed by atoms with Gasteiger partial charge in [0.05, 0.1) is 5.75 Å². The Morgan fingerprint density at radius 3 is 2.10 bits per heavy atom. The zero-order valence-corrected chi connectivity index (χ0v) is 19.2. The third-order valence-electron chi connectivity index (χ3n) is 4.61. The van der Waals surface area contributed by atoms with Gasteiger partial charge in [-0.3, -0.25) is 9.59 Å². The van der Waals surface area contributed by atoms with Crippen molar-refractivity contribution in [2.24, 2.45) is 0 Å². The lowest BCUT2D eigenvalue weighted by molar-refractivity contribution is -0.138. The summed E-state index contributed by atoms with van der Waals surface area (Å²) < 4.78 is 0. The number of benzene rings is 2. The summed E-state index contributed by atoms with van der Waals surface area (Å²) in [5.41, 5.74) is 0.919. The van der Waals surface area contributed by atoms with E-state index in [0.717, 1.165) is 16.9 Å². The maximum atomic E-state index is 13.0. The van der Waals surface area contributed by atoms with Crippen LogP contribution in [0.15, 0.2) is 53.4 Å². The van der Waals surface area contributed by atoms with E-state index in [-0.39, 0.29) is 23.6 Å². The molecule has 2 aromatic carbocycles. The minimum Gasteiger partial charge on any atom is -0.352 e. The maximum Gasteiger partial charge on any atom is 0.242 e. The zero-order valence-electron chi connectivity index (χ0n) is 16.8. The van der Waals surface area contributed by atoms with Crippen LogP contribution in [0.5, 0.6) is 0 Å². The number of carbonyl (C=O) groups is 2. The molecule has 7 heteroatoms. The topological polar surface area (TPSA) is 49.4 Å². The number of halogens is 2. The Morgan fingerprint density at radius 2 is 1.55 bits per heavy atom. The van der Waals surface area contributed by atoms with Gasteiger partial charge >= 0.3 is 0 Å². The molecule has 0 radical (unpaired) electrons. The van der Waals surface area contributed by atoms with Crippen LogP contribution >= 0.6 is 35.0 Å². The molecule has 0 heterocycles. The Bertz CT molecular complexity index is 813. The molecule has 2 aromatic rings. The number of carbonyl (C=O) groups excluding carboxylic acids is 2. The molecule has 0 aliphatic rings. The van der Waals surface area contributed by atoms with E-state index in [1.165, 1.54) is 11.8 Å². The van der Waals surface area contributed by atoms with Crippen LogP contribution in [0.2, 0.25) is 10.0 Å². The second kappa shape index (κ2) is 11.5. The average Bonchev–Trinajstić information content (AvgIpc) is 2.72. The molecule has 2 rings (SSSR count). The standard InChI is InChI=1S/C22H26Cl2N2O2S/c1-4-15(2)25-22(28)16(3)26(13-17-5-7-18(23)8-6-17)21(27)14-29-20-11-9-19(24)10-12-20/h5-12,15-16H,4,13-14H2,1-3H3,(H,25,28)/t15-,16+/m0/s1. The first-order chi connectivity index (χ1) is 13.8. The van der Waals surface area contributed by atoms with Crippen molar-refractivity contribution >= 4 is 46.8 Å². The molecule has 0 aliphatic carbocycles. The van der Waals surface area contributed by atoms with Crippen LogP contribution in [0, 0.1) is 0 Å². The van der Waals surface area contributed by atoms with E-state index in [9.17, 15) is 9.59 Å². The van der Waals surface area contributed by atoms with Crippen molar-refractivity contribution in [2.45, 2.75) is 50.7 Å². The molecule has 2 atom stereocenters. The number of amides is 2. The summed E-state index contributed by atoms with van der Waals surface area (Å²) in [5, 5.41) is 4.25. The highest BCUT2D eigenvalue weighted by molar-refractivity contribution is 8.00. The normalized spacial score (nSPS) is 12.9. The van der Waals surface area contributed by atoms with Gasteiger partial charge in [-0.05, 0) is 62.2 Å². The number of hydrogen-bond donors (Lipinski definition) is 1. The van der Waals surface area contributed by atoms with Crippen LogP contribution in [0.4, 0.5) is 0 Å². The van der Waals surface area contributed by atoms with E-state index in [0.29, 0.717) is 16.6 Å². The van der Waals surface area contributed by atoms with Gasteiger partial charge in [0.15, 0.2) is 0 Å². The Labute approximate surface area is 187 Å². The van der Waals surface area contributed by atoms with E-state index < -0.39 is 6.04 Å². The molecule has 0 unspecified atom stereocenters. The first kappa shape index (κ1) is 23.6. The Balaban J connectivity index is 2.13. The van der Waals surface area contributed by atoms with E-state index in [2.05, 4.69) is 5.32 Å². The van der Waals surface area contributed by atoms with Gasteiger partial charge in [0.2, 0.25) is 11.8 Å². The minimum atomic E-state index is -0.585. The van der Waals surface area contributed by atoms with Gasteiger partial charge in [-0.15, -0.1) is 11.8 Å². The summed E-state index contributed by atoms with van der Waals surface area (Å²) in [5.74, 6) is -0.0271. The molecule has 0 saturated carbocycles. The number of hydrogen-bond acceptors (Lipinski definition) is 3. The first-order valence-corrected chi connectivity index (χ1v) is 11.3. The third kappa shape index (κ3) is 7.57. The van der Waals surface area contributed by atoms with Crippen molar-refractivity contribution in [2.75, 3.05) is 5.75 Å². The van der Waals surface area contributed by atoms with Crippen molar-refractivity contribution in [3.8, 4) is 0 Å². The molecule has 0 bridgehead atoms. The molecule has 4 nitrogen and oxygen atoms in total. The highest BCUT2D eigenvalue weighted by Crippen LogP contribution is 2.22. The Hall–Kier alpha value is -1.69. The fourth-order valence-corrected chi connectivity index (χ4v) is 3.63. The van der Waals surface area contributed by atoms with Crippen molar-refractivity contribution < 1.29 is 9.59 Å². The summed E-state index contributed by atoms with van der Waals surface area (Å²) in [4.78, 5) is 28.3. The number of rotatable bonds is 9. The summed E-state index contributed by atoms with van der Waals surface area (Å²) in [7, 11) is 0. The molecule has 0 spiro atoms. The lowest BCUT2D eigenvalue weighted by Gasteiger charge is -2.29. The average molecular weight is 453 g/mol. The van der Waals surface area contributed by atoms with Crippen LogP contribution in [0.3, 0.4) is 0 Å². The highest BCUT2D eigenvalue weighted by atomic mass is 35.5. The van der Waals surface area contributed by atoms with Crippen LogP contribution < -0.4 is 5.32 Å². The first-order valence-electron chi connectivity index (χ1n) is 9.52. The Kier molecular flexibility index (Phi) is 9.34. The maximum absolute atomic E-state index is 13.0. The van der Waals surface area contributed by atoms with Crippen molar-refractivity contribution in [3.63, 3.8) is 0 Å². The molecule has 0 aliphatic heterocycles. The van der Waals surface area contributed by atoms with Gasteiger partial charge in [-0.25, -0.2) is 0 Å². The van der Waals surface area contributed by atoms with E-state index in [1.807, 2.05) is 38.1 Å². The highest BCUT2D eigenvalue weighted by Gasteiger charge is 2.26. The molecule has 156 valence electrons. The molecule has 0 saturated heterocycles. The summed E-state index contributed by atoms with van der Waals surface area (Å²) in [6, 6.07) is 14.1. The zero-order chi connectivity index (χ0) is 21.4. The van der Waals surface area contributed by atoms with Crippen molar-refractivity contribution in [3.05, 3.63) is 64.1 Å². The largest absolute Gasteiger partial charge is 0.352 e. The third-order valence-corrected chi connectivity index (χ3v) is 6.11. The molecule has 2 amide bonds. The van der Waals surface area contributed by atoms with Gasteiger partial charge in [-0.1, -0.05) is 42.3 Å². The van der Waals surface area contributed by atoms with E-state index in [4.69, 9.17) is 23.2 Å². The van der Waals surface area contributed by atoms with Crippen LogP contribution in [0.1, 0.15) is 32.8 Å². The van der Waals surface area contributed by atoms with E-state index in [1.54, 1.807) is 36.1 Å². The van der Waals surface area contributed by atoms with Crippen molar-refractivity contribution in [1.29, 1.82) is 0 Å². The number of thioether (sulfide) groups is 1. The van der Waals surface area contributed by atoms with Gasteiger partial charge < -0.3 is 10.2 Å². The summed E-state index contributed by atoms with van der Waals surface area (Å²) in [6.45, 7) is 6.06. The second-order valence-corrected chi connectivity index (χ2v) is 8.81. The smallest absolute Gasteiger partial charge is 0.242 e. The number of nitrogens with zero attached hydrogens (tertiary/aromatic N) is 1. The van der Waals surface area contributed by atoms with Crippen LogP contribution in [-0.2, 0) is 16.1 Å². The lowest BCUT2D eigenvalue weighted by Crippen LogP contribution is -2.50. The van der Waals surface area contributed by atoms with E-state index >= 15 is 0 Å². The molecule has 29 heavy (non-hydrogen) atoms. The second-order valence-electron chi connectivity index (χ2n) is 6.88. The van der Waals surface area contributed by atoms with Gasteiger partial charge in [0.1, 0.15) is 6.04 Å². The molecule has 0 fully saturated rings. The lowest BCUT2D eigenvalue weighted by atomic mass is 10.1. The van der Waals surface area contributed by atoms with Gasteiger partial charge in [-0.2, -0.15) is 0 Å². The van der Waals surface area contributed by atoms with Crippen molar-refractivity contribution in [1.82, 2.24) is 10.2 Å². The number of nitrogens with one attached hydrogen (secondary N) is 1. The summed E-state index contributed by atoms with van der Waals surface area (Å²) >= 11 is 13.3. The fourth-order valence-electron chi connectivity index (χ4n) is 2.59. The quantitative estimate of drug-likeness (QED) is 0.516. The van der Waals surface area contributed by atoms with Crippen LogP contribution in [0.25, 0.3) is 0 Å². The van der Waals surface area contributed by atoms with Gasteiger partial charge in [0.25, 0.3) is 0 Å². The molecular weight excluding hydrogens is 427 g/mol. The summed E-state index contributed by atoms with van der Waals surface area (Å²) in [6.07, 6.45) is 0.829. The predicted octanol–water partition coefficient (Wildman–Crippen LogP) is 5.42. The Morgan fingerprint density at radius 1 is 1.00 bits per heavy atom.